The van der Waals surface area contributed by atoms with Crippen LogP contribution in [0.3, 0.4) is 0 Å². The predicted molar refractivity (Wildman–Crippen MR) is 137 cm³/mol. The van der Waals surface area contributed by atoms with E-state index in [2.05, 4.69) is 16.6 Å². The van der Waals surface area contributed by atoms with Gasteiger partial charge in [0.15, 0.2) is 0 Å². The Labute approximate surface area is 211 Å². The molecule has 4 rings (SSSR count). The number of hydrogen-bond acceptors (Lipinski definition) is 5. The third-order valence-corrected chi connectivity index (χ3v) is 7.99. The van der Waals surface area contributed by atoms with E-state index >= 15 is 0 Å². The summed E-state index contributed by atoms with van der Waals surface area (Å²) in [7, 11) is -3.89. The highest BCUT2D eigenvalue weighted by Gasteiger charge is 2.32. The molecule has 8 heteroatoms. The Hall–Kier alpha value is -3.04. The summed E-state index contributed by atoms with van der Waals surface area (Å²) in [6, 6.07) is 21.9. The van der Waals surface area contributed by atoms with Gasteiger partial charge in [-0.1, -0.05) is 61.2 Å². The number of fused-ring (bicyclic) bond motifs is 1. The standard InChI is InChI=1S/C28H31FN2O4S/c1-19(31-28-26-10-6-5-9-21(26)17-27(28)33)22(15-20-7-3-2-4-8-20)16-24(32)18-30-36(34,35)25-13-11-23(29)12-14-25/h2-14,22,24,27-28,30-33H,1,15-18H2/t22-,24+,27-,28+/m1/s1. The third kappa shape index (κ3) is 6.39. The van der Waals surface area contributed by atoms with E-state index in [-0.39, 0.29) is 29.8 Å². The fraction of sp³-hybridized carbons (Fsp3) is 0.286. The Balaban J connectivity index is 1.44. The second-order valence-corrected chi connectivity index (χ2v) is 11.0. The molecule has 6 nitrogen and oxygen atoms in total. The summed E-state index contributed by atoms with van der Waals surface area (Å²) < 4.78 is 40.6. The van der Waals surface area contributed by atoms with Gasteiger partial charge >= 0.3 is 0 Å². The van der Waals surface area contributed by atoms with E-state index in [1.54, 1.807) is 0 Å². The van der Waals surface area contributed by atoms with E-state index in [0.29, 0.717) is 18.5 Å². The zero-order valence-corrected chi connectivity index (χ0v) is 20.7. The molecule has 0 radical (unpaired) electrons. The number of aliphatic hydroxyl groups is 2. The topological polar surface area (TPSA) is 98.7 Å². The SMILES string of the molecule is C=C(N[C@H]1c2ccccc2C[C@H]1O)[C@H](Cc1ccccc1)C[C@H](O)CNS(=O)(=O)c1ccc(F)cc1. The van der Waals surface area contributed by atoms with Crippen molar-refractivity contribution in [3.63, 3.8) is 0 Å². The number of allylic oxidation sites excluding steroid dienone is 1. The van der Waals surface area contributed by atoms with E-state index in [4.69, 9.17) is 0 Å². The molecule has 3 aromatic carbocycles. The number of sulfonamides is 1. The van der Waals surface area contributed by atoms with Crippen LogP contribution in [0.2, 0.25) is 0 Å². The first-order valence-corrected chi connectivity index (χ1v) is 13.4. The lowest BCUT2D eigenvalue weighted by Gasteiger charge is -2.28. The van der Waals surface area contributed by atoms with Crippen molar-refractivity contribution in [3.8, 4) is 0 Å². The summed E-state index contributed by atoms with van der Waals surface area (Å²) in [5.74, 6) is -0.753. The Bertz CT molecular complexity index is 1280. The quantitative estimate of drug-likeness (QED) is 0.317. The molecule has 4 N–H and O–H groups in total. The van der Waals surface area contributed by atoms with Gasteiger partial charge < -0.3 is 15.5 Å². The van der Waals surface area contributed by atoms with Crippen molar-refractivity contribution in [2.45, 2.75) is 42.4 Å². The average Bonchev–Trinajstić information content (AvgIpc) is 3.18. The van der Waals surface area contributed by atoms with E-state index < -0.39 is 28.0 Å². The molecule has 0 heterocycles. The van der Waals surface area contributed by atoms with Crippen LogP contribution in [0.4, 0.5) is 4.39 Å². The van der Waals surface area contributed by atoms with Crippen LogP contribution >= 0.6 is 0 Å². The summed E-state index contributed by atoms with van der Waals surface area (Å²) in [5, 5.41) is 24.8. The molecule has 36 heavy (non-hydrogen) atoms. The van der Waals surface area contributed by atoms with Gasteiger partial charge in [-0.15, -0.1) is 0 Å². The molecular weight excluding hydrogens is 479 g/mol. The second-order valence-electron chi connectivity index (χ2n) is 9.20. The zero-order chi connectivity index (χ0) is 25.7. The maximum absolute atomic E-state index is 13.2. The molecule has 0 amide bonds. The van der Waals surface area contributed by atoms with E-state index in [1.807, 2.05) is 54.6 Å². The normalized spacial score (nSPS) is 18.9. The molecule has 0 fully saturated rings. The first kappa shape index (κ1) is 26.0. The van der Waals surface area contributed by atoms with Crippen LogP contribution in [0.5, 0.6) is 0 Å². The van der Waals surface area contributed by atoms with Gasteiger partial charge in [0.25, 0.3) is 0 Å². The van der Waals surface area contributed by atoms with Gasteiger partial charge in [0.1, 0.15) is 5.82 Å². The molecule has 0 saturated heterocycles. The van der Waals surface area contributed by atoms with Crippen molar-refractivity contribution in [1.82, 2.24) is 10.0 Å². The van der Waals surface area contributed by atoms with Gasteiger partial charge in [0.2, 0.25) is 10.0 Å². The van der Waals surface area contributed by atoms with Crippen LogP contribution in [0.15, 0.2) is 96.0 Å². The molecule has 4 atom stereocenters. The molecule has 0 aromatic heterocycles. The summed E-state index contributed by atoms with van der Waals surface area (Å²) in [6.45, 7) is 4.03. The van der Waals surface area contributed by atoms with Crippen LogP contribution in [-0.4, -0.2) is 37.4 Å². The number of benzene rings is 3. The van der Waals surface area contributed by atoms with Gasteiger partial charge in [-0.3, -0.25) is 0 Å². The predicted octanol–water partition coefficient (Wildman–Crippen LogP) is 3.48. The Morgan fingerprint density at radius 1 is 1.03 bits per heavy atom. The van der Waals surface area contributed by atoms with Crippen LogP contribution in [0, 0.1) is 11.7 Å². The van der Waals surface area contributed by atoms with E-state index in [1.165, 1.54) is 12.1 Å². The number of nitrogens with one attached hydrogen (secondary N) is 2. The lowest BCUT2D eigenvalue weighted by molar-refractivity contribution is 0.136. The maximum atomic E-state index is 13.2. The molecule has 3 aromatic rings. The Morgan fingerprint density at radius 2 is 1.69 bits per heavy atom. The van der Waals surface area contributed by atoms with Gasteiger partial charge in [-0.2, -0.15) is 0 Å². The summed E-state index contributed by atoms with van der Waals surface area (Å²) in [5.41, 5.74) is 3.83. The fourth-order valence-corrected chi connectivity index (χ4v) is 5.70. The lowest BCUT2D eigenvalue weighted by Crippen LogP contribution is -2.36. The van der Waals surface area contributed by atoms with Crippen LogP contribution < -0.4 is 10.0 Å². The lowest BCUT2D eigenvalue weighted by atomic mass is 9.90. The summed E-state index contributed by atoms with van der Waals surface area (Å²) >= 11 is 0. The highest BCUT2D eigenvalue weighted by atomic mass is 32.2. The van der Waals surface area contributed by atoms with Crippen LogP contribution in [0.1, 0.15) is 29.2 Å². The molecule has 0 bridgehead atoms. The molecule has 0 aliphatic heterocycles. The van der Waals surface area contributed by atoms with Crippen LogP contribution in [0.25, 0.3) is 0 Å². The minimum absolute atomic E-state index is 0.0723. The Kier molecular flexibility index (Phi) is 8.21. The first-order valence-electron chi connectivity index (χ1n) is 11.9. The maximum Gasteiger partial charge on any atom is 0.240 e. The van der Waals surface area contributed by atoms with Gasteiger partial charge in [0, 0.05) is 24.6 Å². The van der Waals surface area contributed by atoms with Crippen molar-refractivity contribution < 1.29 is 23.0 Å². The average molecular weight is 511 g/mol. The molecular formula is C28H31FN2O4S. The molecule has 190 valence electrons. The van der Waals surface area contributed by atoms with Crippen molar-refractivity contribution in [2.24, 2.45) is 5.92 Å². The van der Waals surface area contributed by atoms with Crippen molar-refractivity contribution in [2.75, 3.05) is 6.54 Å². The molecule has 0 saturated carbocycles. The van der Waals surface area contributed by atoms with Gasteiger partial charge in [-0.25, -0.2) is 17.5 Å². The van der Waals surface area contributed by atoms with Crippen molar-refractivity contribution in [3.05, 3.63) is 114 Å². The Morgan fingerprint density at radius 3 is 2.42 bits per heavy atom. The molecule has 1 aliphatic rings. The number of hydrogen-bond donors (Lipinski definition) is 4. The molecule has 1 aliphatic carbocycles. The monoisotopic (exact) mass is 510 g/mol. The number of rotatable bonds is 11. The highest BCUT2D eigenvalue weighted by Crippen LogP contribution is 2.33. The second kappa shape index (κ2) is 11.3. The minimum atomic E-state index is -3.89. The summed E-state index contributed by atoms with van der Waals surface area (Å²) in [6.07, 6.45) is -0.203. The van der Waals surface area contributed by atoms with Crippen molar-refractivity contribution in [1.29, 1.82) is 0 Å². The molecule has 0 spiro atoms. The summed E-state index contributed by atoms with van der Waals surface area (Å²) in [4.78, 5) is -0.0723. The van der Waals surface area contributed by atoms with Crippen molar-refractivity contribution >= 4 is 10.0 Å². The largest absolute Gasteiger partial charge is 0.392 e. The zero-order valence-electron chi connectivity index (χ0n) is 19.8. The van der Waals surface area contributed by atoms with Crippen LogP contribution in [-0.2, 0) is 22.9 Å². The third-order valence-electron chi connectivity index (χ3n) is 6.55. The van der Waals surface area contributed by atoms with E-state index in [0.717, 1.165) is 28.8 Å². The highest BCUT2D eigenvalue weighted by molar-refractivity contribution is 7.89. The number of aliphatic hydroxyl groups excluding tert-OH is 2. The number of halogens is 1. The van der Waals surface area contributed by atoms with Gasteiger partial charge in [-0.05, 0) is 53.8 Å². The van der Waals surface area contributed by atoms with Gasteiger partial charge in [0.05, 0.1) is 23.1 Å². The van der Waals surface area contributed by atoms with E-state index in [9.17, 15) is 23.0 Å². The minimum Gasteiger partial charge on any atom is -0.392 e. The molecule has 0 unspecified atom stereocenters. The first-order chi connectivity index (χ1) is 17.2. The smallest absolute Gasteiger partial charge is 0.240 e. The fourth-order valence-electron chi connectivity index (χ4n) is 4.63.